The number of rotatable bonds is 7. The molecule has 2 aromatic heterocycles. The van der Waals surface area contributed by atoms with Gasteiger partial charge in [0.1, 0.15) is 11.5 Å². The fourth-order valence-electron chi connectivity index (χ4n) is 5.49. The summed E-state index contributed by atoms with van der Waals surface area (Å²) < 4.78 is 0. The Hall–Kier alpha value is -2.37. The van der Waals surface area contributed by atoms with Crippen LogP contribution >= 0.6 is 0 Å². The lowest BCUT2D eigenvalue weighted by Gasteiger charge is -2.39. The molecule has 2 saturated heterocycles. The average molecular weight is 395 g/mol. The topological polar surface area (TPSA) is 69.3 Å². The summed E-state index contributed by atoms with van der Waals surface area (Å²) >= 11 is 0. The Labute approximate surface area is 171 Å². The van der Waals surface area contributed by atoms with Gasteiger partial charge in [-0.05, 0) is 68.6 Å². The number of aromatic amines is 1. The second kappa shape index (κ2) is 7.47. The highest BCUT2D eigenvalue weighted by Gasteiger charge is 2.43. The average Bonchev–Trinajstić information content (AvgIpc) is 3.38. The standard InChI is InChI=1S/C23H30N4O2/c1-2-3-4-22(29)27-17-7-8-18(27)12-15(11-17)20-13-21(26(14-28)16-5-6-16)25-23-19(20)9-10-24-23/h9-10,13-18H,2-8,11-12H2,1H3,(H,24,25). The molecule has 2 aromatic rings. The van der Waals surface area contributed by atoms with Crippen LogP contribution in [0.25, 0.3) is 11.0 Å². The first kappa shape index (κ1) is 18.6. The van der Waals surface area contributed by atoms with Gasteiger partial charge in [0.25, 0.3) is 0 Å². The number of unbranched alkanes of at least 4 members (excludes halogenated alkanes) is 1. The maximum Gasteiger partial charge on any atom is 0.223 e. The molecule has 1 N–H and O–H groups in total. The van der Waals surface area contributed by atoms with E-state index in [0.717, 1.165) is 74.6 Å². The van der Waals surface area contributed by atoms with Crippen molar-refractivity contribution in [2.24, 2.45) is 0 Å². The van der Waals surface area contributed by atoms with E-state index in [0.29, 0.717) is 36.4 Å². The molecule has 6 heteroatoms. The van der Waals surface area contributed by atoms with Gasteiger partial charge in [-0.25, -0.2) is 4.98 Å². The van der Waals surface area contributed by atoms with Crippen LogP contribution in [0, 0.1) is 0 Å². The Morgan fingerprint density at radius 1 is 1.28 bits per heavy atom. The fourth-order valence-corrected chi connectivity index (χ4v) is 5.49. The van der Waals surface area contributed by atoms with E-state index in [2.05, 4.69) is 28.9 Å². The molecule has 2 atom stereocenters. The van der Waals surface area contributed by atoms with Gasteiger partial charge < -0.3 is 9.88 Å². The predicted molar refractivity (Wildman–Crippen MR) is 113 cm³/mol. The van der Waals surface area contributed by atoms with Crippen molar-refractivity contribution >= 4 is 29.2 Å². The summed E-state index contributed by atoms with van der Waals surface area (Å²) in [5, 5.41) is 1.16. The summed E-state index contributed by atoms with van der Waals surface area (Å²) in [6.45, 7) is 2.14. The molecule has 5 rings (SSSR count). The third kappa shape index (κ3) is 3.32. The van der Waals surface area contributed by atoms with Gasteiger partial charge in [0.15, 0.2) is 0 Å². The lowest BCUT2D eigenvalue weighted by atomic mass is 9.84. The van der Waals surface area contributed by atoms with E-state index in [4.69, 9.17) is 4.98 Å². The number of pyridine rings is 1. The van der Waals surface area contributed by atoms with Crippen LogP contribution in [0.4, 0.5) is 5.82 Å². The van der Waals surface area contributed by atoms with Gasteiger partial charge in [-0.1, -0.05) is 13.3 Å². The minimum absolute atomic E-state index is 0.300. The van der Waals surface area contributed by atoms with Crippen LogP contribution in [0.2, 0.25) is 0 Å². The molecule has 6 nitrogen and oxygen atoms in total. The van der Waals surface area contributed by atoms with Crippen LogP contribution in [0.3, 0.4) is 0 Å². The summed E-state index contributed by atoms with van der Waals surface area (Å²) in [6, 6.07) is 5.26. The van der Waals surface area contributed by atoms with Crippen molar-refractivity contribution < 1.29 is 9.59 Å². The number of nitrogens with one attached hydrogen (secondary N) is 1. The third-order valence-electron chi connectivity index (χ3n) is 7.07. The first-order chi connectivity index (χ1) is 14.2. The van der Waals surface area contributed by atoms with Gasteiger partial charge in [-0.3, -0.25) is 14.5 Å². The van der Waals surface area contributed by atoms with E-state index < -0.39 is 0 Å². The number of H-pyrrole nitrogens is 1. The Morgan fingerprint density at radius 2 is 2.03 bits per heavy atom. The van der Waals surface area contributed by atoms with Crippen molar-refractivity contribution in [2.75, 3.05) is 4.90 Å². The molecule has 0 spiro atoms. The molecule has 4 heterocycles. The lowest BCUT2D eigenvalue weighted by molar-refractivity contribution is -0.135. The summed E-state index contributed by atoms with van der Waals surface area (Å²) in [4.78, 5) is 36.4. The largest absolute Gasteiger partial charge is 0.346 e. The number of carbonyl (C=O) groups excluding carboxylic acids is 2. The van der Waals surface area contributed by atoms with Crippen molar-refractivity contribution in [3.8, 4) is 0 Å². The number of hydrogen-bond donors (Lipinski definition) is 1. The summed E-state index contributed by atoms with van der Waals surface area (Å²) in [5.74, 6) is 1.53. The molecule has 2 amide bonds. The van der Waals surface area contributed by atoms with E-state index in [1.165, 1.54) is 5.56 Å². The molecule has 3 fully saturated rings. The Kier molecular flexibility index (Phi) is 4.80. The van der Waals surface area contributed by atoms with Crippen molar-refractivity contribution in [3.63, 3.8) is 0 Å². The molecule has 3 aliphatic rings. The van der Waals surface area contributed by atoms with Crippen LogP contribution < -0.4 is 4.90 Å². The molecule has 154 valence electrons. The molecule has 2 unspecified atom stereocenters. The first-order valence-electron chi connectivity index (χ1n) is 11.2. The monoisotopic (exact) mass is 394 g/mol. The lowest BCUT2D eigenvalue weighted by Crippen LogP contribution is -2.46. The Bertz CT molecular complexity index is 905. The molecule has 1 aliphatic carbocycles. The van der Waals surface area contributed by atoms with Gasteiger partial charge in [0.2, 0.25) is 12.3 Å². The second-order valence-electron chi connectivity index (χ2n) is 9.01. The summed E-state index contributed by atoms with van der Waals surface area (Å²) in [6.07, 6.45) is 12.0. The minimum Gasteiger partial charge on any atom is -0.346 e. The molecule has 2 aliphatic heterocycles. The number of anilines is 1. The third-order valence-corrected chi connectivity index (χ3v) is 7.07. The maximum atomic E-state index is 12.8. The number of hydrogen-bond acceptors (Lipinski definition) is 3. The molecule has 1 saturated carbocycles. The smallest absolute Gasteiger partial charge is 0.223 e. The zero-order chi connectivity index (χ0) is 20.0. The quantitative estimate of drug-likeness (QED) is 0.719. The van der Waals surface area contributed by atoms with Gasteiger partial charge in [0, 0.05) is 36.1 Å². The van der Waals surface area contributed by atoms with Gasteiger partial charge in [-0.2, -0.15) is 0 Å². The molecule has 0 radical (unpaired) electrons. The summed E-state index contributed by atoms with van der Waals surface area (Å²) in [5.41, 5.74) is 2.15. The van der Waals surface area contributed by atoms with Crippen LogP contribution in [-0.2, 0) is 9.59 Å². The van der Waals surface area contributed by atoms with Crippen LogP contribution in [-0.4, -0.2) is 45.3 Å². The Morgan fingerprint density at radius 3 is 2.69 bits per heavy atom. The number of nitrogens with zero attached hydrogens (tertiary/aromatic N) is 3. The van der Waals surface area contributed by atoms with E-state index in [9.17, 15) is 9.59 Å². The van der Waals surface area contributed by atoms with E-state index in [-0.39, 0.29) is 0 Å². The SMILES string of the molecule is CCCCC(=O)N1C2CCC1CC(c1cc(N(C=O)C3CC3)nc3[nH]ccc13)C2. The second-order valence-corrected chi connectivity index (χ2v) is 9.01. The highest BCUT2D eigenvalue weighted by molar-refractivity contribution is 5.85. The minimum atomic E-state index is 0.300. The Balaban J connectivity index is 1.44. The molecular weight excluding hydrogens is 364 g/mol. The van der Waals surface area contributed by atoms with Crippen molar-refractivity contribution in [3.05, 3.63) is 23.9 Å². The number of fused-ring (bicyclic) bond motifs is 3. The number of carbonyl (C=O) groups is 2. The normalized spacial score (nSPS) is 26.1. The molecule has 0 aromatic carbocycles. The number of aromatic nitrogens is 2. The van der Waals surface area contributed by atoms with Crippen molar-refractivity contribution in [1.82, 2.24) is 14.9 Å². The van der Waals surface area contributed by atoms with E-state index >= 15 is 0 Å². The highest BCUT2D eigenvalue weighted by Crippen LogP contribution is 2.45. The van der Waals surface area contributed by atoms with E-state index in [1.807, 2.05) is 6.20 Å². The first-order valence-corrected chi connectivity index (χ1v) is 11.2. The molecular formula is C23H30N4O2. The van der Waals surface area contributed by atoms with Crippen LogP contribution in [0.1, 0.15) is 76.2 Å². The summed E-state index contributed by atoms with van der Waals surface area (Å²) in [7, 11) is 0. The van der Waals surface area contributed by atoms with E-state index in [1.54, 1.807) is 4.90 Å². The maximum absolute atomic E-state index is 12.8. The number of amides is 2. The predicted octanol–water partition coefficient (Wildman–Crippen LogP) is 4.12. The zero-order valence-electron chi connectivity index (χ0n) is 17.1. The zero-order valence-corrected chi connectivity index (χ0v) is 17.1. The van der Waals surface area contributed by atoms with Gasteiger partial charge in [0.05, 0.1) is 0 Å². The fraction of sp³-hybridized carbons (Fsp3) is 0.609. The van der Waals surface area contributed by atoms with Gasteiger partial charge in [-0.15, -0.1) is 0 Å². The molecule has 2 bridgehead atoms. The molecule has 29 heavy (non-hydrogen) atoms. The van der Waals surface area contributed by atoms with Crippen LogP contribution in [0.15, 0.2) is 18.3 Å². The van der Waals surface area contributed by atoms with Crippen molar-refractivity contribution in [2.45, 2.75) is 88.8 Å². The highest BCUT2D eigenvalue weighted by atomic mass is 16.2. The van der Waals surface area contributed by atoms with Crippen LogP contribution in [0.5, 0.6) is 0 Å². The van der Waals surface area contributed by atoms with Gasteiger partial charge >= 0.3 is 0 Å². The van der Waals surface area contributed by atoms with Crippen molar-refractivity contribution in [1.29, 1.82) is 0 Å². The number of piperidine rings is 1.